The third-order valence-electron chi connectivity index (χ3n) is 2.40. The van der Waals surface area contributed by atoms with Gasteiger partial charge in [-0.1, -0.05) is 0 Å². The van der Waals surface area contributed by atoms with E-state index in [1.165, 1.54) is 0 Å². The molecule has 0 saturated carbocycles. The minimum Gasteiger partial charge on any atom is -0.393 e. The van der Waals surface area contributed by atoms with Crippen molar-refractivity contribution >= 4 is 0 Å². The molecule has 1 N–H and O–H groups in total. The third-order valence-corrected chi connectivity index (χ3v) is 2.40. The third kappa shape index (κ3) is 2.73. The second-order valence-electron chi connectivity index (χ2n) is 3.69. The molecule has 2 atom stereocenters. The molecule has 1 saturated heterocycles. The van der Waals surface area contributed by atoms with E-state index in [2.05, 4.69) is 0 Å². The molecule has 1 aliphatic rings. The first-order chi connectivity index (χ1) is 5.66. The fraction of sp³-hybridized carbons (Fsp3) is 1.00. The van der Waals surface area contributed by atoms with E-state index in [9.17, 15) is 5.11 Å². The number of ether oxygens (including phenoxy) is 2. The second-order valence-corrected chi connectivity index (χ2v) is 3.69. The van der Waals surface area contributed by atoms with E-state index >= 15 is 0 Å². The minimum absolute atomic E-state index is 0.173. The van der Waals surface area contributed by atoms with Gasteiger partial charge in [0.05, 0.1) is 11.7 Å². The standard InChI is InChI=1S/C9H18O3/c1-9(4-6-11-2)7-8(10)3-5-12-9/h8,10H,3-7H2,1-2H3. The minimum atomic E-state index is -0.194. The lowest BCUT2D eigenvalue weighted by molar-refractivity contribution is -0.117. The topological polar surface area (TPSA) is 38.7 Å². The van der Waals surface area contributed by atoms with Crippen molar-refractivity contribution in [3.05, 3.63) is 0 Å². The number of aliphatic hydroxyl groups is 1. The monoisotopic (exact) mass is 174 g/mol. The van der Waals surface area contributed by atoms with Crippen molar-refractivity contribution in [2.24, 2.45) is 0 Å². The summed E-state index contributed by atoms with van der Waals surface area (Å²) in [5.41, 5.74) is -0.173. The van der Waals surface area contributed by atoms with Gasteiger partial charge >= 0.3 is 0 Å². The van der Waals surface area contributed by atoms with E-state index in [-0.39, 0.29) is 11.7 Å². The maximum Gasteiger partial charge on any atom is 0.0701 e. The summed E-state index contributed by atoms with van der Waals surface area (Å²) in [5.74, 6) is 0. The molecular formula is C9H18O3. The van der Waals surface area contributed by atoms with Crippen LogP contribution in [0.1, 0.15) is 26.2 Å². The van der Waals surface area contributed by atoms with Crippen LogP contribution in [0.25, 0.3) is 0 Å². The van der Waals surface area contributed by atoms with Crippen LogP contribution >= 0.6 is 0 Å². The highest BCUT2D eigenvalue weighted by Gasteiger charge is 2.31. The van der Waals surface area contributed by atoms with Crippen LogP contribution in [0, 0.1) is 0 Å². The van der Waals surface area contributed by atoms with Gasteiger partial charge in [-0.05, 0) is 19.8 Å². The van der Waals surface area contributed by atoms with Gasteiger partial charge in [0.25, 0.3) is 0 Å². The zero-order chi connectivity index (χ0) is 9.03. The van der Waals surface area contributed by atoms with E-state index in [1.807, 2.05) is 6.92 Å². The quantitative estimate of drug-likeness (QED) is 0.692. The first-order valence-corrected chi connectivity index (χ1v) is 4.47. The van der Waals surface area contributed by atoms with Crippen LogP contribution in [0.2, 0.25) is 0 Å². The SMILES string of the molecule is COCCC1(C)CC(O)CCO1. The average Bonchev–Trinajstić information content (AvgIpc) is 2.01. The molecule has 0 aromatic heterocycles. The van der Waals surface area contributed by atoms with Crippen molar-refractivity contribution in [1.29, 1.82) is 0 Å². The first-order valence-electron chi connectivity index (χ1n) is 4.47. The summed E-state index contributed by atoms with van der Waals surface area (Å²) in [6, 6.07) is 0. The summed E-state index contributed by atoms with van der Waals surface area (Å²) in [6.07, 6.45) is 2.17. The first kappa shape index (κ1) is 9.96. The summed E-state index contributed by atoms with van der Waals surface area (Å²) in [6.45, 7) is 3.40. The fourth-order valence-electron chi connectivity index (χ4n) is 1.59. The maximum absolute atomic E-state index is 9.42. The Balaban J connectivity index is 2.35. The zero-order valence-electron chi connectivity index (χ0n) is 7.88. The van der Waals surface area contributed by atoms with Crippen molar-refractivity contribution in [3.8, 4) is 0 Å². The van der Waals surface area contributed by atoms with Gasteiger partial charge in [-0.3, -0.25) is 0 Å². The second kappa shape index (κ2) is 4.21. The van der Waals surface area contributed by atoms with Gasteiger partial charge in [0.15, 0.2) is 0 Å². The van der Waals surface area contributed by atoms with Gasteiger partial charge in [-0.2, -0.15) is 0 Å². The van der Waals surface area contributed by atoms with Crippen molar-refractivity contribution in [3.63, 3.8) is 0 Å². The molecule has 0 spiro atoms. The van der Waals surface area contributed by atoms with E-state index in [1.54, 1.807) is 7.11 Å². The van der Waals surface area contributed by atoms with E-state index < -0.39 is 0 Å². The molecule has 1 fully saturated rings. The van der Waals surface area contributed by atoms with Gasteiger partial charge in [-0.25, -0.2) is 0 Å². The average molecular weight is 174 g/mol. The molecule has 0 amide bonds. The van der Waals surface area contributed by atoms with Crippen LogP contribution in [0.3, 0.4) is 0 Å². The van der Waals surface area contributed by atoms with Crippen molar-refractivity contribution in [2.45, 2.75) is 37.9 Å². The molecule has 1 rings (SSSR count). The van der Waals surface area contributed by atoms with Crippen LogP contribution in [-0.4, -0.2) is 37.1 Å². The molecule has 3 heteroatoms. The number of aliphatic hydroxyl groups excluding tert-OH is 1. The summed E-state index contributed by atoms with van der Waals surface area (Å²) < 4.78 is 10.6. The number of hydrogen-bond donors (Lipinski definition) is 1. The Kier molecular flexibility index (Phi) is 3.50. The molecule has 0 bridgehead atoms. The van der Waals surface area contributed by atoms with Crippen molar-refractivity contribution in [2.75, 3.05) is 20.3 Å². The molecule has 72 valence electrons. The Labute approximate surface area is 73.7 Å². The van der Waals surface area contributed by atoms with Gasteiger partial charge in [0.1, 0.15) is 0 Å². The van der Waals surface area contributed by atoms with Gasteiger partial charge < -0.3 is 14.6 Å². The maximum atomic E-state index is 9.42. The summed E-state index contributed by atoms with van der Waals surface area (Å²) >= 11 is 0. The number of rotatable bonds is 3. The lowest BCUT2D eigenvalue weighted by Crippen LogP contribution is -2.40. The Morgan fingerprint density at radius 2 is 2.42 bits per heavy atom. The molecule has 0 aromatic rings. The molecule has 1 aliphatic heterocycles. The van der Waals surface area contributed by atoms with Crippen LogP contribution in [0.15, 0.2) is 0 Å². The Morgan fingerprint density at radius 1 is 1.67 bits per heavy atom. The van der Waals surface area contributed by atoms with Gasteiger partial charge in [0, 0.05) is 26.7 Å². The lowest BCUT2D eigenvalue weighted by Gasteiger charge is -2.36. The molecule has 1 heterocycles. The predicted molar refractivity (Wildman–Crippen MR) is 46.1 cm³/mol. The summed E-state index contributed by atoms with van der Waals surface area (Å²) in [4.78, 5) is 0. The highest BCUT2D eigenvalue weighted by molar-refractivity contribution is 4.82. The van der Waals surface area contributed by atoms with Crippen LogP contribution in [0.4, 0.5) is 0 Å². The normalized spacial score (nSPS) is 36.8. The predicted octanol–water partition coefficient (Wildman–Crippen LogP) is 0.953. The van der Waals surface area contributed by atoms with Crippen LogP contribution < -0.4 is 0 Å². The molecule has 3 nitrogen and oxygen atoms in total. The largest absolute Gasteiger partial charge is 0.393 e. The molecule has 2 unspecified atom stereocenters. The lowest BCUT2D eigenvalue weighted by atomic mass is 9.91. The van der Waals surface area contributed by atoms with Crippen molar-refractivity contribution in [1.82, 2.24) is 0 Å². The number of methoxy groups -OCH3 is 1. The number of hydrogen-bond acceptors (Lipinski definition) is 3. The van der Waals surface area contributed by atoms with Gasteiger partial charge in [-0.15, -0.1) is 0 Å². The van der Waals surface area contributed by atoms with E-state index in [4.69, 9.17) is 9.47 Å². The molecule has 0 aromatic carbocycles. The van der Waals surface area contributed by atoms with Crippen LogP contribution in [0.5, 0.6) is 0 Å². The highest BCUT2D eigenvalue weighted by atomic mass is 16.5. The fourth-order valence-corrected chi connectivity index (χ4v) is 1.59. The Bertz CT molecular complexity index is 138. The Hall–Kier alpha value is -0.120. The molecule has 0 aliphatic carbocycles. The smallest absolute Gasteiger partial charge is 0.0701 e. The summed E-state index contributed by atoms with van der Waals surface area (Å²) in [7, 11) is 1.68. The van der Waals surface area contributed by atoms with Gasteiger partial charge in [0.2, 0.25) is 0 Å². The van der Waals surface area contributed by atoms with Crippen molar-refractivity contribution < 1.29 is 14.6 Å². The highest BCUT2D eigenvalue weighted by Crippen LogP contribution is 2.27. The Morgan fingerprint density at radius 3 is 3.00 bits per heavy atom. The molecular weight excluding hydrogens is 156 g/mol. The van der Waals surface area contributed by atoms with Crippen LogP contribution in [-0.2, 0) is 9.47 Å². The zero-order valence-corrected chi connectivity index (χ0v) is 7.88. The van der Waals surface area contributed by atoms with E-state index in [0.29, 0.717) is 13.2 Å². The van der Waals surface area contributed by atoms with E-state index in [0.717, 1.165) is 19.3 Å². The summed E-state index contributed by atoms with van der Waals surface area (Å²) in [5, 5.41) is 9.42. The molecule has 0 radical (unpaired) electrons. The molecule has 12 heavy (non-hydrogen) atoms.